The second-order valence-electron chi connectivity index (χ2n) is 8.35. The Morgan fingerprint density at radius 3 is 2.60 bits per heavy atom. The number of ether oxygens (including phenoxy) is 1. The highest BCUT2D eigenvalue weighted by Gasteiger charge is 2.47. The van der Waals surface area contributed by atoms with Crippen molar-refractivity contribution in [2.45, 2.75) is 75.0 Å². The number of anilines is 1. The summed E-state index contributed by atoms with van der Waals surface area (Å²) in [4.78, 5) is 13.2. The molecule has 0 radical (unpaired) electrons. The maximum atomic E-state index is 10.7. The third kappa shape index (κ3) is 3.08. The molecule has 1 saturated heterocycles. The van der Waals surface area contributed by atoms with Crippen molar-refractivity contribution in [2.75, 3.05) is 5.32 Å². The van der Waals surface area contributed by atoms with Crippen LogP contribution in [-0.4, -0.2) is 58.2 Å². The fraction of sp³-hybridized carbons (Fsp3) is 0.632. The number of hydrogen-bond donors (Lipinski definition) is 3. The molecule has 6 rings (SSSR count). The van der Waals surface area contributed by atoms with Gasteiger partial charge in [0, 0.05) is 12.0 Å². The first-order chi connectivity index (χ1) is 14.7. The van der Waals surface area contributed by atoms with Gasteiger partial charge in [-0.25, -0.2) is 15.0 Å². The highest BCUT2D eigenvalue weighted by molar-refractivity contribution is 7.11. The van der Waals surface area contributed by atoms with E-state index in [2.05, 4.69) is 30.5 Å². The summed E-state index contributed by atoms with van der Waals surface area (Å²) in [5, 5.41) is 34.8. The lowest BCUT2D eigenvalue weighted by molar-refractivity contribution is -0.0360. The zero-order chi connectivity index (χ0) is 20.2. The topological polar surface area (TPSA) is 131 Å². The predicted molar refractivity (Wildman–Crippen MR) is 108 cm³/mol. The summed E-state index contributed by atoms with van der Waals surface area (Å²) >= 11 is 1.45. The van der Waals surface area contributed by atoms with Gasteiger partial charge in [-0.1, -0.05) is 24.2 Å². The van der Waals surface area contributed by atoms with Crippen LogP contribution in [0.3, 0.4) is 0 Å². The van der Waals surface area contributed by atoms with Crippen molar-refractivity contribution in [3.8, 4) is 0 Å². The van der Waals surface area contributed by atoms with Crippen LogP contribution in [0.15, 0.2) is 12.7 Å². The first-order valence-electron chi connectivity index (χ1n) is 10.5. The van der Waals surface area contributed by atoms with E-state index in [1.54, 1.807) is 10.9 Å². The summed E-state index contributed by atoms with van der Waals surface area (Å²) in [5.74, 6) is 1.17. The second kappa shape index (κ2) is 7.19. The van der Waals surface area contributed by atoms with Gasteiger partial charge in [0.15, 0.2) is 23.2 Å². The molecule has 3 aromatic rings. The lowest BCUT2D eigenvalue weighted by Gasteiger charge is -2.17. The van der Waals surface area contributed by atoms with Gasteiger partial charge in [-0.15, -0.1) is 10.2 Å². The Kier molecular flexibility index (Phi) is 4.44. The molecule has 3 N–H and O–H groups in total. The number of rotatable bonds is 5. The van der Waals surface area contributed by atoms with E-state index >= 15 is 0 Å². The number of aliphatic hydroxyl groups is 2. The molecule has 0 aromatic carbocycles. The maximum Gasteiger partial charge on any atom is 0.167 e. The Bertz CT molecular complexity index is 1060. The lowest BCUT2D eigenvalue weighted by atomic mass is 10.1. The van der Waals surface area contributed by atoms with Gasteiger partial charge in [-0.3, -0.25) is 4.57 Å². The fourth-order valence-electron chi connectivity index (χ4n) is 4.36. The summed E-state index contributed by atoms with van der Waals surface area (Å²) in [6.07, 6.45) is 6.21. The number of fused-ring (bicyclic) bond motifs is 1. The third-order valence-electron chi connectivity index (χ3n) is 6.19. The number of nitrogens with zero attached hydrogens (tertiary/aromatic N) is 6. The smallest absolute Gasteiger partial charge is 0.167 e. The molecule has 4 heterocycles. The van der Waals surface area contributed by atoms with Gasteiger partial charge < -0.3 is 20.3 Å². The minimum atomic E-state index is -1.14. The Balaban J connectivity index is 1.29. The molecule has 0 bridgehead atoms. The van der Waals surface area contributed by atoms with Crippen LogP contribution in [0.2, 0.25) is 0 Å². The van der Waals surface area contributed by atoms with Crippen molar-refractivity contribution >= 4 is 28.3 Å². The average molecular weight is 430 g/mol. The van der Waals surface area contributed by atoms with Crippen LogP contribution in [0, 0.1) is 0 Å². The van der Waals surface area contributed by atoms with Crippen LogP contribution in [0.5, 0.6) is 0 Å². The predicted octanol–water partition coefficient (Wildman–Crippen LogP) is 1.90. The Labute approximate surface area is 176 Å². The Morgan fingerprint density at radius 1 is 1.00 bits per heavy atom. The highest BCUT2D eigenvalue weighted by atomic mass is 32.1. The molecular weight excluding hydrogens is 406 g/mol. The van der Waals surface area contributed by atoms with Crippen LogP contribution >= 0.6 is 11.3 Å². The summed E-state index contributed by atoms with van der Waals surface area (Å²) in [5.41, 5.74) is 1.18. The van der Waals surface area contributed by atoms with Gasteiger partial charge in [0.05, 0.1) is 6.33 Å². The minimum Gasteiger partial charge on any atom is -0.387 e. The standard InChI is InChI=1S/C19H23N7O3S/c27-12-13(28)19(29-14(12)18-25-24-17(30-18)9-5-6-9)26-8-22-11-15(20-7-21-16(11)26)23-10-3-1-2-4-10/h7-10,12-14,19,27-28H,1-6H2,(H,20,21,23)/t12-,13+,14-,19+/m1/s1. The van der Waals surface area contributed by atoms with E-state index in [0.29, 0.717) is 33.9 Å². The second-order valence-corrected chi connectivity index (χ2v) is 9.39. The zero-order valence-corrected chi connectivity index (χ0v) is 17.1. The SMILES string of the molecule is O[C@@H]1[C@H](O)[C@@H](n2cnc3c(NC4CCCC4)ncnc32)O[C@H]1c1nnc(C2CC2)s1. The van der Waals surface area contributed by atoms with Gasteiger partial charge in [0.25, 0.3) is 0 Å². The van der Waals surface area contributed by atoms with E-state index in [1.807, 2.05) is 0 Å². The number of aromatic nitrogens is 6. The number of aliphatic hydroxyl groups excluding tert-OH is 2. The van der Waals surface area contributed by atoms with Crippen LogP contribution in [0.25, 0.3) is 11.2 Å². The van der Waals surface area contributed by atoms with Crippen LogP contribution in [-0.2, 0) is 4.74 Å². The van der Waals surface area contributed by atoms with Crippen molar-refractivity contribution in [1.29, 1.82) is 0 Å². The van der Waals surface area contributed by atoms with Gasteiger partial charge in [-0.05, 0) is 25.7 Å². The molecule has 10 nitrogen and oxygen atoms in total. The Morgan fingerprint density at radius 2 is 1.80 bits per heavy atom. The number of nitrogens with one attached hydrogen (secondary N) is 1. The molecule has 0 spiro atoms. The van der Waals surface area contributed by atoms with Crippen molar-refractivity contribution in [3.05, 3.63) is 22.7 Å². The first-order valence-corrected chi connectivity index (χ1v) is 11.3. The van der Waals surface area contributed by atoms with Gasteiger partial charge >= 0.3 is 0 Å². The van der Waals surface area contributed by atoms with E-state index in [0.717, 1.165) is 30.7 Å². The molecule has 0 unspecified atom stereocenters. The van der Waals surface area contributed by atoms with E-state index in [9.17, 15) is 10.2 Å². The van der Waals surface area contributed by atoms with E-state index in [4.69, 9.17) is 4.74 Å². The minimum absolute atomic E-state index is 0.394. The van der Waals surface area contributed by atoms with Crippen molar-refractivity contribution in [3.63, 3.8) is 0 Å². The lowest BCUT2D eigenvalue weighted by Crippen LogP contribution is -2.29. The first kappa shape index (κ1) is 18.6. The molecule has 3 aromatic heterocycles. The normalized spacial score (nSPS) is 29.8. The molecule has 4 atom stereocenters. The summed E-state index contributed by atoms with van der Waals surface area (Å²) < 4.78 is 7.72. The van der Waals surface area contributed by atoms with E-state index < -0.39 is 24.5 Å². The quantitative estimate of drug-likeness (QED) is 0.556. The third-order valence-corrected chi connectivity index (χ3v) is 7.34. The molecule has 3 aliphatic rings. The van der Waals surface area contributed by atoms with Crippen LogP contribution < -0.4 is 5.32 Å². The summed E-state index contributed by atoms with van der Waals surface area (Å²) in [6, 6.07) is 0.394. The fourth-order valence-corrected chi connectivity index (χ4v) is 5.45. The van der Waals surface area contributed by atoms with Crippen LogP contribution in [0.4, 0.5) is 5.82 Å². The molecule has 11 heteroatoms. The molecule has 158 valence electrons. The summed E-state index contributed by atoms with van der Waals surface area (Å²) in [7, 11) is 0. The maximum absolute atomic E-state index is 10.7. The molecule has 0 amide bonds. The Hall–Kier alpha value is -2.21. The monoisotopic (exact) mass is 429 g/mol. The average Bonchev–Trinajstić information content (AvgIpc) is 3.13. The molecule has 2 saturated carbocycles. The van der Waals surface area contributed by atoms with Crippen molar-refractivity contribution in [2.24, 2.45) is 0 Å². The van der Waals surface area contributed by atoms with Gasteiger partial charge in [0.1, 0.15) is 34.7 Å². The van der Waals surface area contributed by atoms with Gasteiger partial charge in [-0.2, -0.15) is 0 Å². The molecule has 3 fully saturated rings. The van der Waals surface area contributed by atoms with E-state index in [-0.39, 0.29) is 0 Å². The van der Waals surface area contributed by atoms with Crippen molar-refractivity contribution in [1.82, 2.24) is 29.7 Å². The highest BCUT2D eigenvalue weighted by Crippen LogP contribution is 2.45. The molecule has 1 aliphatic heterocycles. The zero-order valence-electron chi connectivity index (χ0n) is 16.3. The molecule has 2 aliphatic carbocycles. The van der Waals surface area contributed by atoms with Crippen LogP contribution in [0.1, 0.15) is 66.8 Å². The largest absolute Gasteiger partial charge is 0.387 e. The molecule has 30 heavy (non-hydrogen) atoms. The number of imidazole rings is 1. The van der Waals surface area contributed by atoms with E-state index in [1.165, 1.54) is 30.5 Å². The summed E-state index contributed by atoms with van der Waals surface area (Å²) in [6.45, 7) is 0. The van der Waals surface area contributed by atoms with Gasteiger partial charge in [0.2, 0.25) is 0 Å². The van der Waals surface area contributed by atoms with Crippen molar-refractivity contribution < 1.29 is 14.9 Å². The molecular formula is C19H23N7O3S. The number of hydrogen-bond acceptors (Lipinski definition) is 10.